The monoisotopic (exact) mass is 227 g/mol. The molecule has 1 aromatic rings. The third-order valence-electron chi connectivity index (χ3n) is 2.36. The van der Waals surface area contributed by atoms with Gasteiger partial charge >= 0.3 is 0 Å². The van der Waals surface area contributed by atoms with Crippen LogP contribution in [0.4, 0.5) is 14.5 Å². The normalized spacial score (nSPS) is 12.2. The molecule has 1 atom stereocenters. The number of halogens is 2. The fourth-order valence-electron chi connectivity index (χ4n) is 1.41. The Morgan fingerprint density at radius 3 is 2.69 bits per heavy atom. The second-order valence-corrected chi connectivity index (χ2v) is 3.80. The van der Waals surface area contributed by atoms with Crippen molar-refractivity contribution in [3.8, 4) is 0 Å². The molecule has 88 valence electrons. The molecule has 0 bridgehead atoms. The second kappa shape index (κ2) is 5.58. The summed E-state index contributed by atoms with van der Waals surface area (Å²) in [4.78, 5) is 11.6. The van der Waals surface area contributed by atoms with Crippen molar-refractivity contribution in [1.29, 1.82) is 0 Å². The average molecular weight is 227 g/mol. The Kier molecular flexibility index (Phi) is 4.40. The molecule has 2 nitrogen and oxygen atoms in total. The minimum atomic E-state index is -0.753. The molecule has 4 heteroatoms. The van der Waals surface area contributed by atoms with Crippen LogP contribution < -0.4 is 5.32 Å². The zero-order chi connectivity index (χ0) is 12.1. The Hall–Kier alpha value is -1.45. The summed E-state index contributed by atoms with van der Waals surface area (Å²) in [5.41, 5.74) is 0.0225. The Labute approximate surface area is 93.7 Å². The first kappa shape index (κ1) is 12.6. The van der Waals surface area contributed by atoms with Crippen molar-refractivity contribution in [2.45, 2.75) is 26.7 Å². The van der Waals surface area contributed by atoms with Crippen molar-refractivity contribution < 1.29 is 13.6 Å². The standard InChI is InChI=1S/C12H15F2NO/c1-3-4-8(2)12(16)15-11-6-5-9(13)7-10(11)14/h5-8H,3-4H2,1-2H3,(H,15,16)/t8-/m0/s1. The molecule has 1 rings (SSSR count). The van der Waals surface area contributed by atoms with E-state index in [2.05, 4.69) is 5.32 Å². The second-order valence-electron chi connectivity index (χ2n) is 3.80. The van der Waals surface area contributed by atoms with Crippen molar-refractivity contribution in [2.24, 2.45) is 5.92 Å². The number of hydrogen-bond donors (Lipinski definition) is 1. The highest BCUT2D eigenvalue weighted by atomic mass is 19.1. The molecule has 16 heavy (non-hydrogen) atoms. The maximum atomic E-state index is 13.2. The highest BCUT2D eigenvalue weighted by Crippen LogP contribution is 2.16. The van der Waals surface area contributed by atoms with Crippen LogP contribution in [0.5, 0.6) is 0 Å². The highest BCUT2D eigenvalue weighted by Gasteiger charge is 2.13. The lowest BCUT2D eigenvalue weighted by Crippen LogP contribution is -2.20. The SMILES string of the molecule is CCC[C@H](C)C(=O)Nc1ccc(F)cc1F. The maximum Gasteiger partial charge on any atom is 0.227 e. The number of carbonyl (C=O) groups is 1. The van der Waals surface area contributed by atoms with Crippen LogP contribution in [0, 0.1) is 17.6 Å². The van der Waals surface area contributed by atoms with Crippen molar-refractivity contribution in [3.05, 3.63) is 29.8 Å². The van der Waals surface area contributed by atoms with E-state index in [1.54, 1.807) is 6.92 Å². The summed E-state index contributed by atoms with van der Waals surface area (Å²) in [6.45, 7) is 3.75. The number of hydrogen-bond acceptors (Lipinski definition) is 1. The molecule has 0 aromatic heterocycles. The van der Waals surface area contributed by atoms with Gasteiger partial charge in [0.25, 0.3) is 0 Å². The fourth-order valence-corrected chi connectivity index (χ4v) is 1.41. The molecule has 0 saturated carbocycles. The number of carbonyl (C=O) groups excluding carboxylic acids is 1. The van der Waals surface area contributed by atoms with Gasteiger partial charge in [0, 0.05) is 12.0 Å². The average Bonchev–Trinajstić information content (AvgIpc) is 2.22. The van der Waals surface area contributed by atoms with E-state index in [1.807, 2.05) is 6.92 Å². The summed E-state index contributed by atoms with van der Waals surface area (Å²) in [6, 6.07) is 3.09. The molecule has 1 aromatic carbocycles. The summed E-state index contributed by atoms with van der Waals surface area (Å²) in [5, 5.41) is 2.44. The van der Waals surface area contributed by atoms with E-state index in [-0.39, 0.29) is 17.5 Å². The lowest BCUT2D eigenvalue weighted by atomic mass is 10.1. The summed E-state index contributed by atoms with van der Waals surface area (Å²) in [7, 11) is 0. The summed E-state index contributed by atoms with van der Waals surface area (Å²) < 4.78 is 25.8. The van der Waals surface area contributed by atoms with Crippen molar-refractivity contribution in [2.75, 3.05) is 5.32 Å². The molecule has 1 N–H and O–H groups in total. The summed E-state index contributed by atoms with van der Waals surface area (Å²) >= 11 is 0. The van der Waals surface area contributed by atoms with Crippen LogP contribution in [-0.4, -0.2) is 5.91 Å². The third-order valence-corrected chi connectivity index (χ3v) is 2.36. The van der Waals surface area contributed by atoms with Gasteiger partial charge in [-0.15, -0.1) is 0 Å². The first-order valence-electron chi connectivity index (χ1n) is 5.30. The van der Waals surface area contributed by atoms with Crippen molar-refractivity contribution in [1.82, 2.24) is 0 Å². The molecule has 0 aliphatic heterocycles. The van der Waals surface area contributed by atoms with Crippen LogP contribution in [0.2, 0.25) is 0 Å². The Morgan fingerprint density at radius 2 is 2.12 bits per heavy atom. The minimum Gasteiger partial charge on any atom is -0.323 e. The van der Waals surface area contributed by atoms with Crippen LogP contribution in [0.1, 0.15) is 26.7 Å². The summed E-state index contributed by atoms with van der Waals surface area (Å²) in [5.74, 6) is -1.82. The zero-order valence-corrected chi connectivity index (χ0v) is 9.39. The molecule has 0 radical (unpaired) electrons. The molecule has 0 heterocycles. The predicted octanol–water partition coefficient (Wildman–Crippen LogP) is 3.34. The van der Waals surface area contributed by atoms with Crippen LogP contribution in [0.3, 0.4) is 0 Å². The Morgan fingerprint density at radius 1 is 1.44 bits per heavy atom. The molecule has 0 saturated heterocycles. The number of nitrogens with one attached hydrogen (secondary N) is 1. The van der Waals surface area contributed by atoms with Crippen LogP contribution >= 0.6 is 0 Å². The molecule has 0 unspecified atom stereocenters. The van der Waals surface area contributed by atoms with Crippen LogP contribution in [0.15, 0.2) is 18.2 Å². The van der Waals surface area contributed by atoms with Gasteiger partial charge in [-0.25, -0.2) is 8.78 Å². The molecular formula is C12H15F2NO. The maximum absolute atomic E-state index is 13.2. The first-order chi connectivity index (χ1) is 7.54. The number of anilines is 1. The molecule has 0 aliphatic carbocycles. The van der Waals surface area contributed by atoms with E-state index in [9.17, 15) is 13.6 Å². The lowest BCUT2D eigenvalue weighted by Gasteiger charge is -2.11. The lowest BCUT2D eigenvalue weighted by molar-refractivity contribution is -0.119. The van der Waals surface area contributed by atoms with E-state index in [4.69, 9.17) is 0 Å². The predicted molar refractivity (Wildman–Crippen MR) is 59.1 cm³/mol. The highest BCUT2D eigenvalue weighted by molar-refractivity contribution is 5.92. The largest absolute Gasteiger partial charge is 0.323 e. The number of amides is 1. The number of benzene rings is 1. The van der Waals surface area contributed by atoms with E-state index >= 15 is 0 Å². The fraction of sp³-hybridized carbons (Fsp3) is 0.417. The van der Waals surface area contributed by atoms with Gasteiger partial charge in [0.15, 0.2) is 0 Å². The Bertz CT molecular complexity index is 379. The minimum absolute atomic E-state index is 0.0225. The quantitative estimate of drug-likeness (QED) is 0.839. The molecular weight excluding hydrogens is 212 g/mol. The van der Waals surface area contributed by atoms with E-state index in [0.717, 1.165) is 25.0 Å². The van der Waals surface area contributed by atoms with Crippen LogP contribution in [0.25, 0.3) is 0 Å². The van der Waals surface area contributed by atoms with E-state index < -0.39 is 11.6 Å². The van der Waals surface area contributed by atoms with Gasteiger partial charge < -0.3 is 5.32 Å². The Balaban J connectivity index is 2.69. The van der Waals surface area contributed by atoms with Gasteiger partial charge in [-0.3, -0.25) is 4.79 Å². The smallest absolute Gasteiger partial charge is 0.227 e. The van der Waals surface area contributed by atoms with Gasteiger partial charge in [0.2, 0.25) is 5.91 Å². The topological polar surface area (TPSA) is 29.1 Å². The van der Waals surface area contributed by atoms with Crippen molar-refractivity contribution >= 4 is 11.6 Å². The van der Waals surface area contributed by atoms with E-state index in [0.29, 0.717) is 0 Å². The van der Waals surface area contributed by atoms with Gasteiger partial charge in [0.1, 0.15) is 11.6 Å². The molecule has 1 amide bonds. The van der Waals surface area contributed by atoms with Gasteiger partial charge in [-0.1, -0.05) is 20.3 Å². The summed E-state index contributed by atoms with van der Waals surface area (Å²) in [6.07, 6.45) is 1.63. The first-order valence-corrected chi connectivity index (χ1v) is 5.30. The van der Waals surface area contributed by atoms with Gasteiger partial charge in [-0.05, 0) is 18.6 Å². The van der Waals surface area contributed by atoms with Crippen LogP contribution in [-0.2, 0) is 4.79 Å². The van der Waals surface area contributed by atoms with Gasteiger partial charge in [-0.2, -0.15) is 0 Å². The van der Waals surface area contributed by atoms with E-state index in [1.165, 1.54) is 6.07 Å². The molecule has 0 fully saturated rings. The zero-order valence-electron chi connectivity index (χ0n) is 9.39. The number of rotatable bonds is 4. The molecule has 0 aliphatic rings. The molecule has 0 spiro atoms. The van der Waals surface area contributed by atoms with Crippen molar-refractivity contribution in [3.63, 3.8) is 0 Å². The third kappa shape index (κ3) is 3.29. The van der Waals surface area contributed by atoms with Gasteiger partial charge in [0.05, 0.1) is 5.69 Å².